The lowest BCUT2D eigenvalue weighted by Crippen LogP contribution is -2.49. The minimum absolute atomic E-state index is 0.146. The molecule has 2 amide bonds. The van der Waals surface area contributed by atoms with E-state index in [2.05, 4.69) is 5.32 Å². The molecule has 2 heterocycles. The van der Waals surface area contributed by atoms with E-state index < -0.39 is 17.7 Å². The maximum absolute atomic E-state index is 12.0. The lowest BCUT2D eigenvalue weighted by Gasteiger charge is -2.32. The molecule has 0 saturated carbocycles. The Bertz CT molecular complexity index is 351. The van der Waals surface area contributed by atoms with Crippen LogP contribution < -0.4 is 5.32 Å². The van der Waals surface area contributed by atoms with Crippen LogP contribution in [-0.4, -0.2) is 52.9 Å². The van der Waals surface area contributed by atoms with Crippen molar-refractivity contribution in [3.05, 3.63) is 0 Å². The van der Waals surface area contributed by atoms with Crippen molar-refractivity contribution in [3.8, 4) is 0 Å². The van der Waals surface area contributed by atoms with Crippen molar-refractivity contribution in [1.82, 2.24) is 10.4 Å². The highest BCUT2D eigenvalue weighted by molar-refractivity contribution is 8.00. The summed E-state index contributed by atoms with van der Waals surface area (Å²) in [5, 5.41) is 3.92. The number of amides is 2. The monoisotopic (exact) mass is 274 g/mol. The Morgan fingerprint density at radius 2 is 2.17 bits per heavy atom. The summed E-state index contributed by atoms with van der Waals surface area (Å²) in [7, 11) is 0. The standard InChI is InChI=1S/C11H18N2O4S/c1-11(2,3)17-10(15)12-8-4-16-13(9(8)14)7-5-18-6-7/h7-8H,4-6H2,1-3H3,(H,12,15). The first-order valence-electron chi connectivity index (χ1n) is 5.90. The third-order valence-corrected chi connectivity index (χ3v) is 3.78. The molecule has 6 nitrogen and oxygen atoms in total. The molecule has 1 N–H and O–H groups in total. The SMILES string of the molecule is CC(C)(C)OC(=O)NC1CON(C2CSC2)C1=O. The van der Waals surface area contributed by atoms with Crippen LogP contribution in [0.4, 0.5) is 4.79 Å². The predicted octanol–water partition coefficient (Wildman–Crippen LogP) is 0.769. The summed E-state index contributed by atoms with van der Waals surface area (Å²) in [6, 6.07) is -0.488. The van der Waals surface area contributed by atoms with Crippen LogP contribution in [0.2, 0.25) is 0 Å². The van der Waals surface area contributed by atoms with Gasteiger partial charge in [0.25, 0.3) is 5.91 Å². The molecule has 2 aliphatic rings. The van der Waals surface area contributed by atoms with Crippen molar-refractivity contribution in [3.63, 3.8) is 0 Å². The van der Waals surface area contributed by atoms with Crippen LogP contribution >= 0.6 is 11.8 Å². The van der Waals surface area contributed by atoms with Gasteiger partial charge in [-0.3, -0.25) is 9.63 Å². The minimum Gasteiger partial charge on any atom is -0.444 e. The summed E-state index contributed by atoms with van der Waals surface area (Å²) < 4.78 is 5.10. The lowest BCUT2D eigenvalue weighted by atomic mass is 10.2. The fourth-order valence-electron chi connectivity index (χ4n) is 1.64. The highest BCUT2D eigenvalue weighted by Crippen LogP contribution is 2.26. The Kier molecular flexibility index (Phi) is 3.72. The van der Waals surface area contributed by atoms with E-state index in [1.807, 2.05) is 0 Å². The Balaban J connectivity index is 1.84. The molecule has 0 spiro atoms. The zero-order valence-corrected chi connectivity index (χ0v) is 11.6. The molecule has 102 valence electrons. The van der Waals surface area contributed by atoms with Gasteiger partial charge in [0.05, 0.1) is 6.04 Å². The van der Waals surface area contributed by atoms with E-state index in [-0.39, 0.29) is 18.6 Å². The molecule has 2 fully saturated rings. The minimum atomic E-state index is -0.634. The number of carbonyl (C=O) groups excluding carboxylic acids is 2. The van der Waals surface area contributed by atoms with E-state index in [1.165, 1.54) is 5.06 Å². The van der Waals surface area contributed by atoms with E-state index in [0.29, 0.717) is 0 Å². The number of nitrogens with zero attached hydrogens (tertiary/aromatic N) is 1. The molecule has 1 atom stereocenters. The van der Waals surface area contributed by atoms with Crippen LogP contribution in [0.3, 0.4) is 0 Å². The van der Waals surface area contributed by atoms with E-state index in [0.717, 1.165) is 11.5 Å². The predicted molar refractivity (Wildman–Crippen MR) is 67.1 cm³/mol. The van der Waals surface area contributed by atoms with E-state index in [9.17, 15) is 9.59 Å². The highest BCUT2D eigenvalue weighted by Gasteiger charge is 2.41. The van der Waals surface area contributed by atoms with Crippen LogP contribution in [0, 0.1) is 0 Å². The molecule has 7 heteroatoms. The van der Waals surface area contributed by atoms with Crippen LogP contribution in [0.1, 0.15) is 20.8 Å². The van der Waals surface area contributed by atoms with Crippen LogP contribution in [-0.2, 0) is 14.4 Å². The van der Waals surface area contributed by atoms with Crippen molar-refractivity contribution >= 4 is 23.8 Å². The van der Waals surface area contributed by atoms with Gasteiger partial charge in [0, 0.05) is 11.5 Å². The first-order chi connectivity index (χ1) is 8.37. The van der Waals surface area contributed by atoms with E-state index >= 15 is 0 Å². The van der Waals surface area contributed by atoms with Gasteiger partial charge in [-0.15, -0.1) is 0 Å². The summed E-state index contributed by atoms with van der Waals surface area (Å²) in [4.78, 5) is 28.8. The summed E-state index contributed by atoms with van der Waals surface area (Å²) >= 11 is 1.77. The van der Waals surface area contributed by atoms with Crippen molar-refractivity contribution in [1.29, 1.82) is 0 Å². The molecule has 0 aromatic heterocycles. The molecular formula is C11H18N2O4S. The van der Waals surface area contributed by atoms with Crippen molar-refractivity contribution < 1.29 is 19.2 Å². The van der Waals surface area contributed by atoms with Crippen LogP contribution in [0.15, 0.2) is 0 Å². The Labute approximate surface area is 110 Å². The summed E-state index contributed by atoms with van der Waals surface area (Å²) in [6.07, 6.45) is -0.589. The molecule has 2 aliphatic heterocycles. The average molecular weight is 274 g/mol. The number of hydrogen-bond donors (Lipinski definition) is 1. The van der Waals surface area contributed by atoms with Gasteiger partial charge in [0.15, 0.2) is 0 Å². The molecule has 0 aliphatic carbocycles. The number of carbonyl (C=O) groups is 2. The van der Waals surface area contributed by atoms with Gasteiger partial charge in [-0.05, 0) is 20.8 Å². The Morgan fingerprint density at radius 1 is 1.50 bits per heavy atom. The largest absolute Gasteiger partial charge is 0.444 e. The van der Waals surface area contributed by atoms with Crippen molar-refractivity contribution in [2.45, 2.75) is 38.5 Å². The maximum Gasteiger partial charge on any atom is 0.408 e. The molecule has 2 saturated heterocycles. The molecule has 2 rings (SSSR count). The molecule has 0 bridgehead atoms. The third-order valence-electron chi connectivity index (χ3n) is 2.54. The number of thioether (sulfide) groups is 1. The van der Waals surface area contributed by atoms with Crippen molar-refractivity contribution in [2.24, 2.45) is 0 Å². The maximum atomic E-state index is 12.0. The van der Waals surface area contributed by atoms with Gasteiger partial charge in [-0.1, -0.05) is 0 Å². The number of alkyl carbamates (subject to hydrolysis) is 1. The quantitative estimate of drug-likeness (QED) is 0.805. The average Bonchev–Trinajstić information content (AvgIpc) is 2.44. The second kappa shape index (κ2) is 4.97. The topological polar surface area (TPSA) is 67.9 Å². The van der Waals surface area contributed by atoms with Gasteiger partial charge in [0.1, 0.15) is 18.2 Å². The molecular weight excluding hydrogens is 256 g/mol. The van der Waals surface area contributed by atoms with Gasteiger partial charge >= 0.3 is 6.09 Å². The fourth-order valence-corrected chi connectivity index (χ4v) is 2.36. The van der Waals surface area contributed by atoms with Crippen LogP contribution in [0.5, 0.6) is 0 Å². The van der Waals surface area contributed by atoms with Gasteiger partial charge in [-0.25, -0.2) is 9.86 Å². The normalized spacial score (nSPS) is 24.9. The van der Waals surface area contributed by atoms with Crippen LogP contribution in [0.25, 0.3) is 0 Å². The lowest BCUT2D eigenvalue weighted by molar-refractivity contribution is -0.170. The molecule has 1 unspecified atom stereocenters. The summed E-state index contributed by atoms with van der Waals surface area (Å²) in [5.41, 5.74) is -0.573. The number of nitrogens with one attached hydrogen (secondary N) is 1. The summed E-state index contributed by atoms with van der Waals surface area (Å²) in [5.74, 6) is 1.60. The Morgan fingerprint density at radius 3 is 2.67 bits per heavy atom. The molecule has 0 aromatic rings. The Hall–Kier alpha value is -0.950. The number of hydroxylamine groups is 2. The second-order valence-electron chi connectivity index (χ2n) is 5.35. The zero-order valence-electron chi connectivity index (χ0n) is 10.8. The molecule has 18 heavy (non-hydrogen) atoms. The third kappa shape index (κ3) is 3.08. The van der Waals surface area contributed by atoms with Gasteiger partial charge in [0.2, 0.25) is 0 Å². The number of rotatable bonds is 2. The summed E-state index contributed by atoms with van der Waals surface area (Å²) in [6.45, 7) is 5.51. The number of ether oxygens (including phenoxy) is 1. The molecule has 0 aromatic carbocycles. The van der Waals surface area contributed by atoms with Gasteiger partial charge < -0.3 is 10.1 Å². The molecule has 0 radical (unpaired) electrons. The fraction of sp³-hybridized carbons (Fsp3) is 0.818. The first kappa shape index (κ1) is 13.5. The second-order valence-corrected chi connectivity index (χ2v) is 6.42. The van der Waals surface area contributed by atoms with E-state index in [4.69, 9.17) is 9.57 Å². The van der Waals surface area contributed by atoms with Crippen molar-refractivity contribution in [2.75, 3.05) is 18.1 Å². The highest BCUT2D eigenvalue weighted by atomic mass is 32.2. The number of hydrogen-bond acceptors (Lipinski definition) is 5. The van der Waals surface area contributed by atoms with E-state index in [1.54, 1.807) is 32.5 Å². The first-order valence-corrected chi connectivity index (χ1v) is 7.05. The zero-order chi connectivity index (χ0) is 13.3. The van der Waals surface area contributed by atoms with Gasteiger partial charge in [-0.2, -0.15) is 11.8 Å². The smallest absolute Gasteiger partial charge is 0.408 e.